The summed E-state index contributed by atoms with van der Waals surface area (Å²) in [6, 6.07) is 1.66. The summed E-state index contributed by atoms with van der Waals surface area (Å²) in [5.74, 6) is 0. The summed E-state index contributed by atoms with van der Waals surface area (Å²) in [6.45, 7) is 0. The van der Waals surface area contributed by atoms with Crippen LogP contribution in [0.2, 0.25) is 0 Å². The lowest BCUT2D eigenvalue weighted by Crippen LogP contribution is -1.74. The second kappa shape index (κ2) is 3.21. The number of nitrogens with zero attached hydrogens (tertiary/aromatic N) is 2. The monoisotopic (exact) mass is 264 g/mol. The molecule has 0 fully saturated rings. The van der Waals surface area contributed by atoms with Crippen LogP contribution in [0.25, 0.3) is 0 Å². The van der Waals surface area contributed by atoms with Gasteiger partial charge < -0.3 is 0 Å². The van der Waals surface area contributed by atoms with Crippen molar-refractivity contribution in [3.8, 4) is 0 Å². The molecule has 0 radical (unpaired) electrons. The van der Waals surface area contributed by atoms with Crippen LogP contribution in [-0.4, -0.2) is 4.98 Å². The first-order chi connectivity index (χ1) is 4.74. The Balaban J connectivity index is 3.19. The van der Waals surface area contributed by atoms with E-state index in [1.165, 1.54) is 6.20 Å². The summed E-state index contributed by atoms with van der Waals surface area (Å²) in [6.07, 6.45) is 1.39. The zero-order valence-electron chi connectivity index (χ0n) is 4.71. The molecule has 0 atom stereocenters. The van der Waals surface area contributed by atoms with Gasteiger partial charge in [0, 0.05) is 0 Å². The van der Waals surface area contributed by atoms with Gasteiger partial charge in [0.1, 0.15) is 10.3 Å². The molecular formula is C5H2Br2N2O. The van der Waals surface area contributed by atoms with Crippen LogP contribution in [-0.2, 0) is 0 Å². The van der Waals surface area contributed by atoms with Crippen molar-refractivity contribution in [2.24, 2.45) is 5.18 Å². The molecule has 0 unspecified atom stereocenters. The molecule has 0 saturated carbocycles. The lowest BCUT2D eigenvalue weighted by Gasteiger charge is -1.92. The van der Waals surface area contributed by atoms with E-state index in [0.717, 1.165) is 0 Å². The van der Waals surface area contributed by atoms with E-state index in [1.807, 2.05) is 0 Å². The Morgan fingerprint density at radius 1 is 1.50 bits per heavy atom. The minimum atomic E-state index is 0.309. The first kappa shape index (κ1) is 7.81. The van der Waals surface area contributed by atoms with E-state index in [4.69, 9.17) is 0 Å². The fourth-order valence-corrected chi connectivity index (χ4v) is 1.50. The first-order valence-electron chi connectivity index (χ1n) is 2.38. The van der Waals surface area contributed by atoms with Crippen molar-refractivity contribution in [2.75, 3.05) is 0 Å². The van der Waals surface area contributed by atoms with Crippen LogP contribution in [0.1, 0.15) is 0 Å². The van der Waals surface area contributed by atoms with Crippen LogP contribution in [0.3, 0.4) is 0 Å². The van der Waals surface area contributed by atoms with E-state index in [9.17, 15) is 4.91 Å². The molecule has 0 aliphatic rings. The van der Waals surface area contributed by atoms with Gasteiger partial charge in [-0.05, 0) is 43.1 Å². The van der Waals surface area contributed by atoms with Gasteiger partial charge in [0.05, 0.1) is 10.7 Å². The largest absolute Gasteiger partial charge is 0.247 e. The zero-order chi connectivity index (χ0) is 7.56. The third-order valence-corrected chi connectivity index (χ3v) is 1.97. The summed E-state index contributed by atoms with van der Waals surface area (Å²) in [4.78, 5) is 13.8. The van der Waals surface area contributed by atoms with Crippen LogP contribution in [0.15, 0.2) is 26.5 Å². The molecule has 1 aromatic rings. The van der Waals surface area contributed by atoms with Gasteiger partial charge in [0.2, 0.25) is 0 Å². The molecule has 0 bridgehead atoms. The minimum absolute atomic E-state index is 0.309. The van der Waals surface area contributed by atoms with E-state index >= 15 is 0 Å². The maximum atomic E-state index is 10.0. The average molecular weight is 266 g/mol. The summed E-state index contributed by atoms with van der Waals surface area (Å²) in [5.41, 5.74) is 0.309. The zero-order valence-corrected chi connectivity index (χ0v) is 7.89. The molecule has 5 heteroatoms. The molecule has 1 rings (SSSR count). The van der Waals surface area contributed by atoms with Crippen molar-refractivity contribution in [3.63, 3.8) is 0 Å². The van der Waals surface area contributed by atoms with Crippen LogP contribution < -0.4 is 0 Å². The van der Waals surface area contributed by atoms with Gasteiger partial charge in [-0.25, -0.2) is 4.98 Å². The number of aromatic nitrogens is 1. The SMILES string of the molecule is O=Nc1cnc(Br)cc1Br. The van der Waals surface area contributed by atoms with Crippen molar-refractivity contribution in [1.29, 1.82) is 0 Å². The number of pyridine rings is 1. The topological polar surface area (TPSA) is 42.3 Å². The first-order valence-corrected chi connectivity index (χ1v) is 3.97. The van der Waals surface area contributed by atoms with Gasteiger partial charge >= 0.3 is 0 Å². The lowest BCUT2D eigenvalue weighted by molar-refractivity contribution is 1.24. The number of rotatable bonds is 1. The van der Waals surface area contributed by atoms with E-state index in [2.05, 4.69) is 42.0 Å². The summed E-state index contributed by atoms with van der Waals surface area (Å²) < 4.78 is 1.32. The van der Waals surface area contributed by atoms with E-state index in [-0.39, 0.29) is 0 Å². The lowest BCUT2D eigenvalue weighted by atomic mass is 10.4. The Morgan fingerprint density at radius 3 is 2.70 bits per heavy atom. The van der Waals surface area contributed by atoms with Gasteiger partial charge in [-0.1, -0.05) is 0 Å². The molecule has 0 aliphatic heterocycles. The highest BCUT2D eigenvalue weighted by molar-refractivity contribution is 9.11. The fraction of sp³-hybridized carbons (Fsp3) is 0. The Labute approximate surface area is 74.1 Å². The minimum Gasteiger partial charge on any atom is -0.247 e. The molecular weight excluding hydrogens is 264 g/mol. The number of hydrogen-bond donors (Lipinski definition) is 0. The van der Waals surface area contributed by atoms with Gasteiger partial charge in [-0.2, -0.15) is 0 Å². The second-order valence-electron chi connectivity index (χ2n) is 1.55. The quantitative estimate of drug-likeness (QED) is 0.579. The average Bonchev–Trinajstić information content (AvgIpc) is 1.88. The van der Waals surface area contributed by atoms with Crippen LogP contribution >= 0.6 is 31.9 Å². The van der Waals surface area contributed by atoms with Gasteiger partial charge in [-0.15, -0.1) is 4.91 Å². The number of halogens is 2. The Kier molecular flexibility index (Phi) is 2.50. The molecule has 52 valence electrons. The van der Waals surface area contributed by atoms with Crippen LogP contribution in [0.5, 0.6) is 0 Å². The molecule has 0 aliphatic carbocycles. The molecule has 0 aromatic carbocycles. The van der Waals surface area contributed by atoms with Gasteiger partial charge in [0.25, 0.3) is 0 Å². The maximum Gasteiger partial charge on any atom is 0.140 e. The molecule has 0 spiro atoms. The molecule has 0 saturated heterocycles. The highest BCUT2D eigenvalue weighted by atomic mass is 79.9. The smallest absolute Gasteiger partial charge is 0.140 e. The highest BCUT2D eigenvalue weighted by Gasteiger charge is 1.99. The maximum absolute atomic E-state index is 10.0. The summed E-state index contributed by atoms with van der Waals surface area (Å²) in [7, 11) is 0. The van der Waals surface area contributed by atoms with Crippen molar-refractivity contribution in [1.82, 2.24) is 4.98 Å². The highest BCUT2D eigenvalue weighted by Crippen LogP contribution is 2.25. The Hall–Kier alpha value is -0.290. The molecule has 1 aromatic heterocycles. The standard InChI is InChI=1S/C5H2Br2N2O/c6-3-1-5(7)8-2-4(3)9-10/h1-2H. The predicted octanol–water partition coefficient (Wildman–Crippen LogP) is 3.00. The number of nitroso groups, excluding NO2 is 1. The molecule has 0 amide bonds. The van der Waals surface area contributed by atoms with E-state index in [1.54, 1.807) is 6.07 Å². The normalized spacial score (nSPS) is 9.40. The Bertz CT molecular complexity index is 264. The third-order valence-electron chi connectivity index (χ3n) is 0.899. The molecule has 1 heterocycles. The van der Waals surface area contributed by atoms with E-state index < -0.39 is 0 Å². The number of hydrogen-bond acceptors (Lipinski definition) is 3. The van der Waals surface area contributed by atoms with Crippen molar-refractivity contribution < 1.29 is 0 Å². The predicted molar refractivity (Wildman–Crippen MR) is 45.1 cm³/mol. The third kappa shape index (κ3) is 1.60. The molecule has 0 N–H and O–H groups in total. The van der Waals surface area contributed by atoms with Gasteiger partial charge in [0.15, 0.2) is 0 Å². The fourth-order valence-electron chi connectivity index (χ4n) is 0.467. The Morgan fingerprint density at radius 2 is 2.20 bits per heavy atom. The summed E-state index contributed by atoms with van der Waals surface area (Å²) in [5, 5.41) is 2.73. The van der Waals surface area contributed by atoms with E-state index in [0.29, 0.717) is 14.8 Å². The van der Waals surface area contributed by atoms with Crippen molar-refractivity contribution in [3.05, 3.63) is 26.2 Å². The van der Waals surface area contributed by atoms with Crippen molar-refractivity contribution >= 4 is 37.5 Å². The molecule has 3 nitrogen and oxygen atoms in total. The summed E-state index contributed by atoms with van der Waals surface area (Å²) >= 11 is 6.28. The second-order valence-corrected chi connectivity index (χ2v) is 3.22. The van der Waals surface area contributed by atoms with Crippen LogP contribution in [0.4, 0.5) is 5.69 Å². The van der Waals surface area contributed by atoms with Crippen molar-refractivity contribution in [2.45, 2.75) is 0 Å². The van der Waals surface area contributed by atoms with Gasteiger partial charge in [-0.3, -0.25) is 0 Å². The molecule has 10 heavy (non-hydrogen) atoms. The van der Waals surface area contributed by atoms with Crippen LogP contribution in [0, 0.1) is 4.91 Å².